The van der Waals surface area contributed by atoms with Crippen molar-refractivity contribution in [1.29, 1.82) is 0 Å². The van der Waals surface area contributed by atoms with E-state index in [4.69, 9.17) is 0 Å². The number of nitrogens with zero attached hydrogens (tertiary/aromatic N) is 2. The van der Waals surface area contributed by atoms with E-state index < -0.39 is 21.7 Å². The van der Waals surface area contributed by atoms with E-state index in [1.54, 1.807) is 6.07 Å². The summed E-state index contributed by atoms with van der Waals surface area (Å²) in [5, 5.41) is 0. The van der Waals surface area contributed by atoms with Gasteiger partial charge >= 0.3 is 0 Å². The minimum atomic E-state index is -3.88. The minimum absolute atomic E-state index is 0.0566. The lowest BCUT2D eigenvalue weighted by atomic mass is 10.1. The van der Waals surface area contributed by atoms with Crippen molar-refractivity contribution in [3.63, 3.8) is 0 Å². The van der Waals surface area contributed by atoms with Crippen LogP contribution in [0.2, 0.25) is 0 Å². The molecule has 1 fully saturated rings. The Kier molecular flexibility index (Phi) is 5.36. The largest absolute Gasteiger partial charge is 0.294 e. The van der Waals surface area contributed by atoms with Crippen molar-refractivity contribution >= 4 is 10.0 Å². The van der Waals surface area contributed by atoms with Gasteiger partial charge in [-0.3, -0.25) is 4.90 Å². The maximum absolute atomic E-state index is 13.4. The van der Waals surface area contributed by atoms with Crippen LogP contribution in [0.3, 0.4) is 0 Å². The Hall–Kier alpha value is -1.90. The molecule has 1 heterocycles. The number of halogens is 3. The van der Waals surface area contributed by atoms with Crippen LogP contribution in [0.1, 0.15) is 18.5 Å². The molecule has 1 atom stereocenters. The van der Waals surface area contributed by atoms with Gasteiger partial charge in [-0.25, -0.2) is 21.6 Å². The maximum atomic E-state index is 13.4. The van der Waals surface area contributed by atoms with Crippen molar-refractivity contribution < 1.29 is 21.6 Å². The Balaban J connectivity index is 1.70. The molecule has 140 valence electrons. The van der Waals surface area contributed by atoms with Gasteiger partial charge in [0.05, 0.1) is 4.90 Å². The fraction of sp³-hybridized carbons (Fsp3) is 0.333. The second-order valence-corrected chi connectivity index (χ2v) is 8.18. The zero-order chi connectivity index (χ0) is 18.9. The highest BCUT2D eigenvalue weighted by Gasteiger charge is 2.30. The molecule has 1 aliphatic rings. The van der Waals surface area contributed by atoms with Gasteiger partial charge in [0.25, 0.3) is 0 Å². The monoisotopic (exact) mass is 384 g/mol. The summed E-state index contributed by atoms with van der Waals surface area (Å²) in [5.41, 5.74) is 0.821. The molecule has 8 heteroatoms. The molecule has 0 aliphatic carbocycles. The Morgan fingerprint density at radius 3 is 2.23 bits per heavy atom. The SMILES string of the molecule is CC(c1cccc(F)c1)N1CCN(S(=O)(=O)c2ccc(F)c(F)c2)CC1. The lowest BCUT2D eigenvalue weighted by molar-refractivity contribution is 0.145. The lowest BCUT2D eigenvalue weighted by Crippen LogP contribution is -2.49. The third-order valence-corrected chi connectivity index (χ3v) is 6.58. The molecule has 2 aromatic rings. The van der Waals surface area contributed by atoms with E-state index in [1.165, 1.54) is 16.4 Å². The number of benzene rings is 2. The fourth-order valence-corrected chi connectivity index (χ4v) is 4.53. The third kappa shape index (κ3) is 3.77. The normalized spacial score (nSPS) is 18.0. The average molecular weight is 384 g/mol. The van der Waals surface area contributed by atoms with Crippen molar-refractivity contribution in [3.05, 3.63) is 65.5 Å². The second kappa shape index (κ2) is 7.38. The molecule has 1 saturated heterocycles. The fourth-order valence-electron chi connectivity index (χ4n) is 3.09. The average Bonchev–Trinajstić information content (AvgIpc) is 2.63. The Bertz CT molecular complexity index is 897. The molecule has 0 radical (unpaired) electrons. The van der Waals surface area contributed by atoms with Crippen LogP contribution >= 0.6 is 0 Å². The van der Waals surface area contributed by atoms with E-state index in [-0.39, 0.29) is 29.8 Å². The van der Waals surface area contributed by atoms with Crippen molar-refractivity contribution in [1.82, 2.24) is 9.21 Å². The summed E-state index contributed by atoms with van der Waals surface area (Å²) in [6.07, 6.45) is 0. The molecule has 26 heavy (non-hydrogen) atoms. The van der Waals surface area contributed by atoms with Crippen molar-refractivity contribution in [2.75, 3.05) is 26.2 Å². The molecule has 0 N–H and O–H groups in total. The van der Waals surface area contributed by atoms with Gasteiger partial charge in [0.2, 0.25) is 10.0 Å². The molecular formula is C18H19F3N2O2S. The number of rotatable bonds is 4. The van der Waals surface area contributed by atoms with Gasteiger partial charge < -0.3 is 0 Å². The van der Waals surface area contributed by atoms with Gasteiger partial charge in [-0.1, -0.05) is 12.1 Å². The summed E-state index contributed by atoms with van der Waals surface area (Å²) in [4.78, 5) is 1.80. The first-order valence-electron chi connectivity index (χ1n) is 8.24. The van der Waals surface area contributed by atoms with Crippen molar-refractivity contribution in [2.45, 2.75) is 17.9 Å². The van der Waals surface area contributed by atoms with Crippen LogP contribution in [0.25, 0.3) is 0 Å². The van der Waals surface area contributed by atoms with Crippen LogP contribution in [-0.4, -0.2) is 43.8 Å². The lowest BCUT2D eigenvalue weighted by Gasteiger charge is -2.37. The van der Waals surface area contributed by atoms with E-state index in [1.807, 2.05) is 13.0 Å². The quantitative estimate of drug-likeness (QED) is 0.813. The van der Waals surface area contributed by atoms with Crippen LogP contribution < -0.4 is 0 Å². The number of hydrogen-bond donors (Lipinski definition) is 0. The minimum Gasteiger partial charge on any atom is -0.294 e. The van der Waals surface area contributed by atoms with E-state index in [0.717, 1.165) is 17.7 Å². The van der Waals surface area contributed by atoms with Gasteiger partial charge in [0.1, 0.15) is 5.82 Å². The third-order valence-electron chi connectivity index (χ3n) is 4.68. The summed E-state index contributed by atoms with van der Waals surface area (Å²) < 4.78 is 66.3. The van der Waals surface area contributed by atoms with E-state index in [2.05, 4.69) is 4.90 Å². The van der Waals surface area contributed by atoms with Gasteiger partial charge in [-0.05, 0) is 42.8 Å². The van der Waals surface area contributed by atoms with Crippen molar-refractivity contribution in [2.24, 2.45) is 0 Å². The van der Waals surface area contributed by atoms with Crippen LogP contribution in [0, 0.1) is 17.5 Å². The van der Waals surface area contributed by atoms with Crippen molar-refractivity contribution in [3.8, 4) is 0 Å². The summed E-state index contributed by atoms with van der Waals surface area (Å²) in [5.74, 6) is -2.59. The molecule has 1 unspecified atom stereocenters. The molecule has 3 rings (SSSR count). The molecule has 4 nitrogen and oxygen atoms in total. The zero-order valence-electron chi connectivity index (χ0n) is 14.2. The molecule has 0 bridgehead atoms. The van der Waals surface area contributed by atoms with Gasteiger partial charge in [0, 0.05) is 32.2 Å². The molecule has 0 saturated carbocycles. The van der Waals surface area contributed by atoms with E-state index >= 15 is 0 Å². The second-order valence-electron chi connectivity index (χ2n) is 6.25. The van der Waals surface area contributed by atoms with Crippen LogP contribution in [0.4, 0.5) is 13.2 Å². The number of sulfonamides is 1. The zero-order valence-corrected chi connectivity index (χ0v) is 15.0. The molecule has 2 aromatic carbocycles. The summed E-state index contributed by atoms with van der Waals surface area (Å²) in [6.45, 7) is 3.30. The highest BCUT2D eigenvalue weighted by atomic mass is 32.2. The summed E-state index contributed by atoms with van der Waals surface area (Å²) in [6, 6.07) is 8.84. The van der Waals surface area contributed by atoms with Gasteiger partial charge in [-0.15, -0.1) is 0 Å². The smallest absolute Gasteiger partial charge is 0.243 e. The molecule has 0 spiro atoms. The predicted molar refractivity (Wildman–Crippen MR) is 91.5 cm³/mol. The van der Waals surface area contributed by atoms with Crippen LogP contribution in [0.15, 0.2) is 47.4 Å². The molecule has 1 aliphatic heterocycles. The molecular weight excluding hydrogens is 365 g/mol. The number of piperazine rings is 1. The topological polar surface area (TPSA) is 40.6 Å². The first-order chi connectivity index (χ1) is 12.3. The number of hydrogen-bond acceptors (Lipinski definition) is 3. The predicted octanol–water partition coefficient (Wildman–Crippen LogP) is 3.17. The standard InChI is InChI=1S/C18H19F3N2O2S/c1-13(14-3-2-4-15(19)11-14)22-7-9-23(10-8-22)26(24,25)16-5-6-17(20)18(21)12-16/h2-6,11-13H,7-10H2,1H3. The highest BCUT2D eigenvalue weighted by Crippen LogP contribution is 2.25. The van der Waals surface area contributed by atoms with Gasteiger partial charge in [-0.2, -0.15) is 4.31 Å². The van der Waals surface area contributed by atoms with Crippen LogP contribution in [0.5, 0.6) is 0 Å². The molecule has 0 aromatic heterocycles. The Morgan fingerprint density at radius 1 is 0.923 bits per heavy atom. The maximum Gasteiger partial charge on any atom is 0.243 e. The van der Waals surface area contributed by atoms with E-state index in [0.29, 0.717) is 19.2 Å². The first kappa shape index (κ1) is 18.9. The highest BCUT2D eigenvalue weighted by molar-refractivity contribution is 7.89. The Labute approximate surface area is 150 Å². The first-order valence-corrected chi connectivity index (χ1v) is 9.68. The molecule has 0 amide bonds. The Morgan fingerprint density at radius 2 is 1.62 bits per heavy atom. The van der Waals surface area contributed by atoms with Gasteiger partial charge in [0.15, 0.2) is 11.6 Å². The van der Waals surface area contributed by atoms with E-state index in [9.17, 15) is 21.6 Å². The van der Waals surface area contributed by atoms with Crippen LogP contribution in [-0.2, 0) is 10.0 Å². The summed E-state index contributed by atoms with van der Waals surface area (Å²) >= 11 is 0. The summed E-state index contributed by atoms with van der Waals surface area (Å²) in [7, 11) is -3.88.